The van der Waals surface area contributed by atoms with Gasteiger partial charge in [0.15, 0.2) is 16.6 Å². The van der Waals surface area contributed by atoms with Crippen LogP contribution in [0.5, 0.6) is 0 Å². The highest BCUT2D eigenvalue weighted by Gasteiger charge is 2.50. The van der Waals surface area contributed by atoms with Crippen LogP contribution < -0.4 is 0 Å². The lowest BCUT2D eigenvalue weighted by atomic mass is 9.95. The van der Waals surface area contributed by atoms with Crippen molar-refractivity contribution in [2.45, 2.75) is 103 Å². The van der Waals surface area contributed by atoms with Crippen LogP contribution in [-0.2, 0) is 4.12 Å². The summed E-state index contributed by atoms with van der Waals surface area (Å²) >= 11 is 0. The fourth-order valence-electron chi connectivity index (χ4n) is 3.88. The van der Waals surface area contributed by atoms with Gasteiger partial charge in [-0.15, -0.1) is 13.2 Å². The van der Waals surface area contributed by atoms with E-state index in [1.54, 1.807) is 0 Å². The maximum Gasteiger partial charge on any atom is 0.179 e. The first-order valence-electron chi connectivity index (χ1n) is 10.0. The first-order chi connectivity index (χ1) is 11.1. The minimum Gasteiger partial charge on any atom is -0.455 e. The zero-order valence-corrected chi connectivity index (χ0v) is 21.0. The molecule has 0 unspecified atom stereocenters. The van der Waals surface area contributed by atoms with Gasteiger partial charge in [0, 0.05) is 0 Å². The first kappa shape index (κ1) is 24.9. The minimum absolute atomic E-state index is 0.266. The zero-order chi connectivity index (χ0) is 20.1. The van der Waals surface area contributed by atoms with Gasteiger partial charge in [0.1, 0.15) is 0 Å². The van der Waals surface area contributed by atoms with E-state index in [2.05, 4.69) is 93.0 Å². The molecule has 0 radical (unpaired) electrons. The smallest absolute Gasteiger partial charge is 0.179 e. The normalized spacial score (nSPS) is 16.4. The van der Waals surface area contributed by atoms with Crippen LogP contribution in [0.1, 0.15) is 67.2 Å². The minimum atomic E-state index is -1.83. The molecular weight excluding hydrogens is 336 g/mol. The summed E-state index contributed by atoms with van der Waals surface area (Å²) in [6.45, 7) is 32.0. The monoisotopic (exact) mass is 382 g/mol. The fraction of sp³-hybridized carbons (Fsp3) is 0.818. The number of hydrogen-bond acceptors (Lipinski definition) is 1. The molecule has 1 nitrogen and oxygen atoms in total. The highest BCUT2D eigenvalue weighted by Crippen LogP contribution is 2.50. The Kier molecular flexibility index (Phi) is 9.14. The van der Waals surface area contributed by atoms with Crippen LogP contribution in [0.2, 0.25) is 36.3 Å². The highest BCUT2D eigenvalue weighted by atomic mass is 28.4. The van der Waals surface area contributed by atoms with E-state index in [1.807, 2.05) is 0 Å². The molecule has 0 rings (SSSR count). The Morgan fingerprint density at radius 2 is 1.04 bits per heavy atom. The summed E-state index contributed by atoms with van der Waals surface area (Å²) in [5, 5.41) is 0.533. The molecule has 0 aliphatic rings. The molecule has 0 N–H and O–H groups in total. The van der Waals surface area contributed by atoms with Crippen LogP contribution in [0.4, 0.5) is 0 Å². The molecule has 3 heteroatoms. The van der Waals surface area contributed by atoms with Crippen molar-refractivity contribution in [3.05, 3.63) is 25.3 Å². The number of rotatable bonds is 12. The van der Waals surface area contributed by atoms with Crippen LogP contribution in [0.15, 0.2) is 25.3 Å². The molecule has 0 aromatic rings. The molecule has 0 aromatic carbocycles. The van der Waals surface area contributed by atoms with Crippen molar-refractivity contribution in [3.63, 3.8) is 0 Å². The molecule has 0 heterocycles. The van der Waals surface area contributed by atoms with Gasteiger partial charge >= 0.3 is 0 Å². The largest absolute Gasteiger partial charge is 0.455 e. The Balaban J connectivity index is 5.26. The van der Waals surface area contributed by atoms with Gasteiger partial charge in [0.2, 0.25) is 0 Å². The van der Waals surface area contributed by atoms with E-state index in [0.717, 1.165) is 12.8 Å². The molecule has 0 aliphatic carbocycles. The molecule has 0 spiro atoms. The molecule has 0 amide bonds. The van der Waals surface area contributed by atoms with Crippen molar-refractivity contribution < 1.29 is 4.12 Å². The predicted octanol–water partition coefficient (Wildman–Crippen LogP) is 8.18. The molecule has 0 aromatic heterocycles. The van der Waals surface area contributed by atoms with E-state index < -0.39 is 16.6 Å². The second kappa shape index (κ2) is 9.19. The molecule has 25 heavy (non-hydrogen) atoms. The van der Waals surface area contributed by atoms with Crippen LogP contribution in [-0.4, -0.2) is 16.6 Å². The lowest BCUT2D eigenvalue weighted by molar-refractivity contribution is 0.361. The molecule has 0 saturated heterocycles. The lowest BCUT2D eigenvalue weighted by Gasteiger charge is -2.50. The van der Waals surface area contributed by atoms with E-state index in [9.17, 15) is 0 Å². The summed E-state index contributed by atoms with van der Waals surface area (Å²) in [5.74, 6) is 1.35. The molecule has 2 atom stereocenters. The summed E-state index contributed by atoms with van der Waals surface area (Å²) in [5.41, 5.74) is 0. The molecule has 0 bridgehead atoms. The van der Waals surface area contributed by atoms with E-state index >= 15 is 0 Å². The fourth-order valence-corrected chi connectivity index (χ4v) is 12.9. The van der Waals surface area contributed by atoms with Gasteiger partial charge in [-0.05, 0) is 73.8 Å². The third kappa shape index (κ3) is 7.18. The Hall–Kier alpha value is -0.126. The van der Waals surface area contributed by atoms with Crippen molar-refractivity contribution in [1.82, 2.24) is 0 Å². The molecule has 0 fully saturated rings. The summed E-state index contributed by atoms with van der Waals surface area (Å²) in [6, 6.07) is 0. The standard InChI is InChI=1S/C22H46OSi2/c1-13-15-19(3)17-21(5,6)24(9,10)23-25(11,12)22(7,8)18-20(4)16-14-2/h13-14,19-20H,1-2,15-18H2,3-12H3/t19-,20-/m0/s1. The van der Waals surface area contributed by atoms with Crippen molar-refractivity contribution in [1.29, 1.82) is 0 Å². The van der Waals surface area contributed by atoms with Crippen molar-refractivity contribution in [3.8, 4) is 0 Å². The van der Waals surface area contributed by atoms with Gasteiger partial charge in [-0.1, -0.05) is 53.7 Å². The number of hydrogen-bond donors (Lipinski definition) is 0. The maximum atomic E-state index is 7.14. The van der Waals surface area contributed by atoms with Crippen LogP contribution >= 0.6 is 0 Å². The van der Waals surface area contributed by atoms with E-state index in [0.29, 0.717) is 11.8 Å². The van der Waals surface area contributed by atoms with Gasteiger partial charge in [-0.25, -0.2) is 0 Å². The lowest BCUT2D eigenvalue weighted by Crippen LogP contribution is -2.55. The molecule has 0 aliphatic heterocycles. The van der Waals surface area contributed by atoms with E-state index in [1.165, 1.54) is 12.8 Å². The Bertz CT molecular complexity index is 395. The van der Waals surface area contributed by atoms with Gasteiger partial charge in [-0.2, -0.15) is 0 Å². The second-order valence-corrected chi connectivity index (χ2v) is 20.1. The molecule has 148 valence electrons. The van der Waals surface area contributed by atoms with Crippen LogP contribution in [0.25, 0.3) is 0 Å². The Morgan fingerprint density at radius 3 is 1.28 bits per heavy atom. The maximum absolute atomic E-state index is 7.14. The number of allylic oxidation sites excluding steroid dienone is 2. The SMILES string of the molecule is C=CC[C@H](C)CC(C)(C)[Si](C)(C)O[Si](C)(C)C(C)(C)C[C@@H](C)CC=C. The average Bonchev–Trinajstić information content (AvgIpc) is 2.35. The van der Waals surface area contributed by atoms with Gasteiger partial charge in [0.25, 0.3) is 0 Å². The quantitative estimate of drug-likeness (QED) is 0.244. The molecule has 0 saturated carbocycles. The zero-order valence-electron chi connectivity index (χ0n) is 19.0. The van der Waals surface area contributed by atoms with Crippen LogP contribution in [0, 0.1) is 11.8 Å². The third-order valence-electron chi connectivity index (χ3n) is 6.63. The topological polar surface area (TPSA) is 9.23 Å². The van der Waals surface area contributed by atoms with Crippen LogP contribution in [0.3, 0.4) is 0 Å². The summed E-state index contributed by atoms with van der Waals surface area (Å²) in [4.78, 5) is 0. The van der Waals surface area contributed by atoms with Crippen molar-refractivity contribution in [2.24, 2.45) is 11.8 Å². The third-order valence-corrected chi connectivity index (χ3v) is 17.6. The first-order valence-corrected chi connectivity index (χ1v) is 15.9. The van der Waals surface area contributed by atoms with E-state index in [4.69, 9.17) is 4.12 Å². The summed E-state index contributed by atoms with van der Waals surface area (Å²) in [7, 11) is -3.66. The second-order valence-electron chi connectivity index (χ2n) is 10.6. The molecular formula is C22H46OSi2. The Labute approximate surface area is 161 Å². The van der Waals surface area contributed by atoms with Crippen molar-refractivity contribution >= 4 is 16.6 Å². The van der Waals surface area contributed by atoms with Gasteiger partial charge in [0.05, 0.1) is 0 Å². The predicted molar refractivity (Wildman–Crippen MR) is 121 cm³/mol. The van der Waals surface area contributed by atoms with E-state index in [-0.39, 0.29) is 10.1 Å². The van der Waals surface area contributed by atoms with Crippen molar-refractivity contribution in [2.75, 3.05) is 0 Å². The van der Waals surface area contributed by atoms with Gasteiger partial charge in [-0.3, -0.25) is 0 Å². The average molecular weight is 383 g/mol. The highest BCUT2D eigenvalue weighted by molar-refractivity contribution is 6.87. The summed E-state index contributed by atoms with van der Waals surface area (Å²) < 4.78 is 7.14. The Morgan fingerprint density at radius 1 is 0.760 bits per heavy atom. The summed E-state index contributed by atoms with van der Waals surface area (Å²) in [6.07, 6.45) is 8.74. The van der Waals surface area contributed by atoms with Gasteiger partial charge < -0.3 is 4.12 Å².